The highest BCUT2D eigenvalue weighted by atomic mass is 35.5. The van der Waals surface area contributed by atoms with Crippen molar-refractivity contribution in [3.05, 3.63) is 94.4 Å². The molecule has 0 atom stereocenters. The summed E-state index contributed by atoms with van der Waals surface area (Å²) in [4.78, 5) is 18.4. The van der Waals surface area contributed by atoms with E-state index in [0.29, 0.717) is 0 Å². The molecule has 0 aliphatic carbocycles. The van der Waals surface area contributed by atoms with Crippen molar-refractivity contribution in [2.24, 2.45) is 0 Å². The van der Waals surface area contributed by atoms with E-state index in [2.05, 4.69) is 22.1 Å². The Morgan fingerprint density at radius 1 is 1.00 bits per heavy atom. The lowest BCUT2D eigenvalue weighted by atomic mass is 9.97. The molecule has 7 heteroatoms. The van der Waals surface area contributed by atoms with E-state index in [1.165, 1.54) is 6.07 Å². The number of non-ortho nitro benzene ring substituents is 1. The van der Waals surface area contributed by atoms with Crippen LogP contribution in [0.25, 0.3) is 22.0 Å². The van der Waals surface area contributed by atoms with Crippen LogP contribution in [0.3, 0.4) is 0 Å². The molecular formula is C20H17Cl2N3O2. The molecule has 0 saturated heterocycles. The van der Waals surface area contributed by atoms with Gasteiger partial charge in [0.25, 0.3) is 5.69 Å². The van der Waals surface area contributed by atoms with Crippen LogP contribution < -0.4 is 0 Å². The highest BCUT2D eigenvalue weighted by Crippen LogP contribution is 2.31. The molecule has 0 saturated carbocycles. The molecule has 2 aromatic heterocycles. The predicted octanol–water partition coefficient (Wildman–Crippen LogP) is 5.57. The van der Waals surface area contributed by atoms with Crippen molar-refractivity contribution in [2.45, 2.75) is 6.42 Å². The summed E-state index contributed by atoms with van der Waals surface area (Å²) in [6.45, 7) is 0. The minimum Gasteiger partial charge on any atom is -0.365 e. The second-order valence-electron chi connectivity index (χ2n) is 5.90. The zero-order chi connectivity index (χ0) is 17.2. The Morgan fingerprint density at radius 3 is 2.59 bits per heavy atom. The Morgan fingerprint density at radius 2 is 1.85 bits per heavy atom. The Hall–Kier alpha value is -2.89. The number of pyridine rings is 1. The Labute approximate surface area is 168 Å². The van der Waals surface area contributed by atoms with E-state index in [0.717, 1.165) is 39.7 Å². The maximum Gasteiger partial charge on any atom is 0.270 e. The van der Waals surface area contributed by atoms with Crippen LogP contribution in [0.15, 0.2) is 73.1 Å². The van der Waals surface area contributed by atoms with Gasteiger partial charge < -0.3 is 4.98 Å². The van der Waals surface area contributed by atoms with Crippen LogP contribution in [0.4, 0.5) is 5.69 Å². The molecule has 138 valence electrons. The number of nitro groups is 1. The lowest BCUT2D eigenvalue weighted by Crippen LogP contribution is -1.93. The van der Waals surface area contributed by atoms with Crippen molar-refractivity contribution < 1.29 is 4.92 Å². The molecule has 2 aromatic carbocycles. The number of hydrogen-bond acceptors (Lipinski definition) is 3. The lowest BCUT2D eigenvalue weighted by molar-refractivity contribution is -0.384. The standard InChI is InChI=1S/C20H15N3O2.2ClH/c24-23(25)18-7-1-4-15(13-18)19-12-14(11-17-6-3-8-21-17)10-16-5-2-9-22-20(16)19;;/h1-10,12-13,21H,11H2;2*1H. The lowest BCUT2D eigenvalue weighted by Gasteiger charge is -2.10. The number of aromatic nitrogens is 2. The van der Waals surface area contributed by atoms with E-state index < -0.39 is 0 Å². The van der Waals surface area contributed by atoms with Crippen molar-refractivity contribution in [1.29, 1.82) is 0 Å². The summed E-state index contributed by atoms with van der Waals surface area (Å²) < 4.78 is 0. The Bertz CT molecular complexity index is 1070. The normalized spacial score (nSPS) is 10.1. The van der Waals surface area contributed by atoms with Crippen LogP contribution in [-0.4, -0.2) is 14.9 Å². The number of benzene rings is 2. The van der Waals surface area contributed by atoms with Crippen molar-refractivity contribution in [1.82, 2.24) is 9.97 Å². The monoisotopic (exact) mass is 401 g/mol. The number of nitrogens with one attached hydrogen (secondary N) is 1. The SMILES string of the molecule is Cl.Cl.O=[N+]([O-])c1cccc(-c2cc(Cc3ccc[nH]3)cc3cccnc23)c1. The number of aromatic amines is 1. The van der Waals surface area contributed by atoms with Crippen LogP contribution in [0.2, 0.25) is 0 Å². The molecule has 0 aliphatic heterocycles. The van der Waals surface area contributed by atoms with E-state index in [9.17, 15) is 10.1 Å². The number of nitrogens with zero attached hydrogens (tertiary/aromatic N) is 2. The summed E-state index contributed by atoms with van der Waals surface area (Å²) in [5.41, 5.74) is 4.88. The fourth-order valence-corrected chi connectivity index (χ4v) is 3.06. The highest BCUT2D eigenvalue weighted by molar-refractivity contribution is 5.94. The maximum atomic E-state index is 11.1. The fraction of sp³-hybridized carbons (Fsp3) is 0.0500. The van der Waals surface area contributed by atoms with Gasteiger partial charge in [0.15, 0.2) is 0 Å². The number of H-pyrrole nitrogens is 1. The number of fused-ring (bicyclic) bond motifs is 1. The van der Waals surface area contributed by atoms with Crippen LogP contribution in [-0.2, 0) is 6.42 Å². The molecule has 27 heavy (non-hydrogen) atoms. The predicted molar refractivity (Wildman–Crippen MR) is 112 cm³/mol. The van der Waals surface area contributed by atoms with Gasteiger partial charge in [0.2, 0.25) is 0 Å². The molecule has 2 heterocycles. The quantitative estimate of drug-likeness (QED) is 0.358. The van der Waals surface area contributed by atoms with E-state index in [4.69, 9.17) is 0 Å². The zero-order valence-corrected chi connectivity index (χ0v) is 15.8. The van der Waals surface area contributed by atoms with Crippen LogP contribution in [0.1, 0.15) is 11.3 Å². The molecule has 1 N–H and O–H groups in total. The van der Waals surface area contributed by atoms with Crippen molar-refractivity contribution in [3.8, 4) is 11.1 Å². The van der Waals surface area contributed by atoms with Gasteiger partial charge in [-0.2, -0.15) is 0 Å². The first-order chi connectivity index (χ1) is 12.2. The van der Waals surface area contributed by atoms with Gasteiger partial charge in [-0.25, -0.2) is 0 Å². The molecule has 0 amide bonds. The summed E-state index contributed by atoms with van der Waals surface area (Å²) in [6.07, 6.45) is 4.41. The van der Waals surface area contributed by atoms with Crippen LogP contribution >= 0.6 is 24.8 Å². The summed E-state index contributed by atoms with van der Waals surface area (Å²) in [5, 5.41) is 12.1. The molecule has 0 spiro atoms. The zero-order valence-electron chi connectivity index (χ0n) is 14.2. The van der Waals surface area contributed by atoms with Crippen molar-refractivity contribution in [3.63, 3.8) is 0 Å². The first-order valence-electron chi connectivity index (χ1n) is 7.95. The first-order valence-corrected chi connectivity index (χ1v) is 7.95. The van der Waals surface area contributed by atoms with Gasteiger partial charge in [-0.3, -0.25) is 15.1 Å². The van der Waals surface area contributed by atoms with Gasteiger partial charge in [-0.15, -0.1) is 24.8 Å². The second kappa shape index (κ2) is 8.66. The fourth-order valence-electron chi connectivity index (χ4n) is 3.06. The van der Waals surface area contributed by atoms with Crippen LogP contribution in [0.5, 0.6) is 0 Å². The Balaban J connectivity index is 0.00000131. The molecular weight excluding hydrogens is 385 g/mol. The molecule has 0 radical (unpaired) electrons. The second-order valence-corrected chi connectivity index (χ2v) is 5.90. The van der Waals surface area contributed by atoms with E-state index >= 15 is 0 Å². The van der Waals surface area contributed by atoms with E-state index in [-0.39, 0.29) is 35.4 Å². The third-order valence-electron chi connectivity index (χ3n) is 4.19. The largest absolute Gasteiger partial charge is 0.365 e. The third kappa shape index (κ3) is 4.27. The molecule has 0 unspecified atom stereocenters. The van der Waals surface area contributed by atoms with E-state index in [1.807, 2.05) is 36.5 Å². The number of nitro benzene ring substituents is 1. The average Bonchev–Trinajstić information content (AvgIpc) is 3.14. The third-order valence-corrected chi connectivity index (χ3v) is 4.19. The minimum atomic E-state index is -0.373. The Kier molecular flexibility index (Phi) is 6.55. The minimum absolute atomic E-state index is 0. The summed E-state index contributed by atoms with van der Waals surface area (Å²) in [5.74, 6) is 0. The van der Waals surface area contributed by atoms with E-state index in [1.54, 1.807) is 18.3 Å². The van der Waals surface area contributed by atoms with Gasteiger partial charge in [-0.1, -0.05) is 18.2 Å². The molecule has 4 rings (SSSR count). The van der Waals surface area contributed by atoms with Crippen molar-refractivity contribution in [2.75, 3.05) is 0 Å². The number of hydrogen-bond donors (Lipinski definition) is 1. The molecule has 0 fully saturated rings. The number of halogens is 2. The first kappa shape index (κ1) is 20.4. The number of rotatable bonds is 4. The maximum absolute atomic E-state index is 11.1. The van der Waals surface area contributed by atoms with Gasteiger partial charge in [0, 0.05) is 47.6 Å². The average molecular weight is 402 g/mol. The van der Waals surface area contributed by atoms with Gasteiger partial charge in [0.1, 0.15) is 0 Å². The van der Waals surface area contributed by atoms with Crippen LogP contribution in [0, 0.1) is 10.1 Å². The highest BCUT2D eigenvalue weighted by Gasteiger charge is 2.12. The summed E-state index contributed by atoms with van der Waals surface area (Å²) in [6, 6.07) is 18.8. The molecule has 0 aliphatic rings. The topological polar surface area (TPSA) is 71.8 Å². The van der Waals surface area contributed by atoms with Gasteiger partial charge in [-0.05, 0) is 41.5 Å². The van der Waals surface area contributed by atoms with Gasteiger partial charge >= 0.3 is 0 Å². The van der Waals surface area contributed by atoms with Crippen molar-refractivity contribution >= 4 is 41.4 Å². The molecule has 5 nitrogen and oxygen atoms in total. The summed E-state index contributed by atoms with van der Waals surface area (Å²) >= 11 is 0. The molecule has 4 aromatic rings. The molecule has 0 bridgehead atoms. The summed E-state index contributed by atoms with van der Waals surface area (Å²) in [7, 11) is 0. The van der Waals surface area contributed by atoms with Gasteiger partial charge in [0.05, 0.1) is 10.4 Å². The smallest absolute Gasteiger partial charge is 0.270 e.